The smallest absolute Gasteiger partial charge is 0.223 e. The standard InChI is InChI=1S/C14H27N5O2/c1-4-16-12-11-13(18-14(15)17-12)19(7-9-20-5-2)8-10-21-6-3/h11H,4-10H2,1-3H3,(H3,15,16,17,18). The average molecular weight is 297 g/mol. The van der Waals surface area contributed by atoms with Gasteiger partial charge in [-0.05, 0) is 20.8 Å². The van der Waals surface area contributed by atoms with Crippen LogP contribution in [-0.2, 0) is 9.47 Å². The van der Waals surface area contributed by atoms with Crippen molar-refractivity contribution >= 4 is 17.6 Å². The third-order valence-electron chi connectivity index (χ3n) is 2.83. The van der Waals surface area contributed by atoms with Gasteiger partial charge >= 0.3 is 0 Å². The zero-order chi connectivity index (χ0) is 15.5. The van der Waals surface area contributed by atoms with Crippen LogP contribution in [0.3, 0.4) is 0 Å². The second-order valence-corrected chi connectivity index (χ2v) is 4.38. The lowest BCUT2D eigenvalue weighted by Crippen LogP contribution is -2.32. The SMILES string of the molecule is CCNc1cc(N(CCOCC)CCOCC)nc(N)n1. The van der Waals surface area contributed by atoms with E-state index in [1.54, 1.807) is 0 Å². The summed E-state index contributed by atoms with van der Waals surface area (Å²) in [6.45, 7) is 10.9. The minimum atomic E-state index is 0.265. The van der Waals surface area contributed by atoms with Gasteiger partial charge in [0.2, 0.25) is 5.95 Å². The maximum Gasteiger partial charge on any atom is 0.223 e. The van der Waals surface area contributed by atoms with Crippen molar-refractivity contribution in [3.8, 4) is 0 Å². The van der Waals surface area contributed by atoms with Crippen LogP contribution >= 0.6 is 0 Å². The zero-order valence-corrected chi connectivity index (χ0v) is 13.3. The highest BCUT2D eigenvalue weighted by molar-refractivity contribution is 5.52. The predicted molar refractivity (Wildman–Crippen MR) is 85.8 cm³/mol. The number of nitrogens with one attached hydrogen (secondary N) is 1. The number of anilines is 3. The number of rotatable bonds is 11. The number of aromatic nitrogens is 2. The highest BCUT2D eigenvalue weighted by Crippen LogP contribution is 2.16. The molecule has 0 aliphatic heterocycles. The molecule has 0 saturated carbocycles. The summed E-state index contributed by atoms with van der Waals surface area (Å²) >= 11 is 0. The second-order valence-electron chi connectivity index (χ2n) is 4.38. The predicted octanol–water partition coefficient (Wildman–Crippen LogP) is 1.37. The Kier molecular flexibility index (Phi) is 8.45. The Hall–Kier alpha value is -1.60. The molecular formula is C14H27N5O2. The summed E-state index contributed by atoms with van der Waals surface area (Å²) in [5, 5.41) is 3.16. The summed E-state index contributed by atoms with van der Waals surface area (Å²) in [6, 6.07) is 1.90. The third-order valence-corrected chi connectivity index (χ3v) is 2.83. The molecule has 1 aromatic heterocycles. The zero-order valence-electron chi connectivity index (χ0n) is 13.3. The number of hydrogen-bond donors (Lipinski definition) is 2. The maximum absolute atomic E-state index is 5.79. The molecule has 0 saturated heterocycles. The van der Waals surface area contributed by atoms with Gasteiger partial charge in [-0.2, -0.15) is 9.97 Å². The summed E-state index contributed by atoms with van der Waals surface area (Å²) < 4.78 is 10.9. The van der Waals surface area contributed by atoms with Crippen LogP contribution in [0.4, 0.5) is 17.6 Å². The highest BCUT2D eigenvalue weighted by Gasteiger charge is 2.11. The van der Waals surface area contributed by atoms with Crippen molar-refractivity contribution in [3.05, 3.63) is 6.07 Å². The molecule has 0 unspecified atom stereocenters. The number of nitrogen functional groups attached to an aromatic ring is 1. The summed E-state index contributed by atoms with van der Waals surface area (Å²) in [5.41, 5.74) is 5.79. The molecule has 3 N–H and O–H groups in total. The Morgan fingerprint density at radius 2 is 1.71 bits per heavy atom. The lowest BCUT2D eigenvalue weighted by Gasteiger charge is -2.24. The van der Waals surface area contributed by atoms with Crippen molar-refractivity contribution in [2.75, 3.05) is 62.0 Å². The fraction of sp³-hybridized carbons (Fsp3) is 0.714. The van der Waals surface area contributed by atoms with Crippen molar-refractivity contribution in [1.82, 2.24) is 9.97 Å². The van der Waals surface area contributed by atoms with Gasteiger partial charge in [-0.1, -0.05) is 0 Å². The van der Waals surface area contributed by atoms with Gasteiger partial charge in [0.15, 0.2) is 0 Å². The molecule has 0 aliphatic rings. The molecule has 0 bridgehead atoms. The minimum Gasteiger partial charge on any atom is -0.380 e. The normalized spacial score (nSPS) is 10.6. The van der Waals surface area contributed by atoms with Crippen LogP contribution in [0.2, 0.25) is 0 Å². The van der Waals surface area contributed by atoms with Crippen molar-refractivity contribution in [1.29, 1.82) is 0 Å². The summed E-state index contributed by atoms with van der Waals surface area (Å²) in [4.78, 5) is 10.6. The van der Waals surface area contributed by atoms with E-state index >= 15 is 0 Å². The molecular weight excluding hydrogens is 270 g/mol. The highest BCUT2D eigenvalue weighted by atomic mass is 16.5. The van der Waals surface area contributed by atoms with E-state index in [4.69, 9.17) is 15.2 Å². The number of ether oxygens (including phenoxy) is 2. The lowest BCUT2D eigenvalue weighted by atomic mass is 10.4. The first kappa shape index (κ1) is 17.5. The number of hydrogen-bond acceptors (Lipinski definition) is 7. The van der Waals surface area contributed by atoms with Gasteiger partial charge in [0.1, 0.15) is 11.6 Å². The van der Waals surface area contributed by atoms with Gasteiger partial charge < -0.3 is 25.4 Å². The summed E-state index contributed by atoms with van der Waals surface area (Å²) in [7, 11) is 0. The van der Waals surface area contributed by atoms with E-state index in [0.717, 1.165) is 31.3 Å². The van der Waals surface area contributed by atoms with Crippen molar-refractivity contribution in [3.63, 3.8) is 0 Å². The first-order chi connectivity index (χ1) is 10.2. The lowest BCUT2D eigenvalue weighted by molar-refractivity contribution is 0.141. The number of nitrogens with two attached hydrogens (primary N) is 1. The molecule has 0 amide bonds. The quantitative estimate of drug-likeness (QED) is 0.597. The fourth-order valence-corrected chi connectivity index (χ4v) is 1.87. The Bertz CT molecular complexity index is 393. The van der Waals surface area contributed by atoms with Crippen LogP contribution in [0.15, 0.2) is 6.07 Å². The third kappa shape index (κ3) is 6.59. The van der Waals surface area contributed by atoms with Crippen LogP contribution in [0.25, 0.3) is 0 Å². The molecule has 1 aromatic rings. The van der Waals surface area contributed by atoms with Crippen molar-refractivity contribution < 1.29 is 9.47 Å². The van der Waals surface area contributed by atoms with Crippen molar-refractivity contribution in [2.45, 2.75) is 20.8 Å². The fourth-order valence-electron chi connectivity index (χ4n) is 1.87. The van der Waals surface area contributed by atoms with Crippen LogP contribution in [0.1, 0.15) is 20.8 Å². The monoisotopic (exact) mass is 297 g/mol. The molecule has 0 aromatic carbocycles. The molecule has 7 heteroatoms. The Balaban J connectivity index is 2.78. The molecule has 21 heavy (non-hydrogen) atoms. The van der Waals surface area contributed by atoms with Gasteiger partial charge in [-0.3, -0.25) is 0 Å². The molecule has 7 nitrogen and oxygen atoms in total. The molecule has 0 spiro atoms. The van der Waals surface area contributed by atoms with Crippen LogP contribution in [-0.4, -0.2) is 56.0 Å². The first-order valence-electron chi connectivity index (χ1n) is 7.50. The van der Waals surface area contributed by atoms with Crippen LogP contribution < -0.4 is 16.0 Å². The first-order valence-corrected chi connectivity index (χ1v) is 7.50. The number of nitrogens with zero attached hydrogens (tertiary/aromatic N) is 3. The van der Waals surface area contributed by atoms with E-state index in [0.29, 0.717) is 26.4 Å². The van der Waals surface area contributed by atoms with E-state index in [9.17, 15) is 0 Å². The van der Waals surface area contributed by atoms with Crippen LogP contribution in [0.5, 0.6) is 0 Å². The van der Waals surface area contributed by atoms with Crippen LogP contribution in [0, 0.1) is 0 Å². The minimum absolute atomic E-state index is 0.265. The molecule has 1 heterocycles. The van der Waals surface area contributed by atoms with Gasteiger partial charge in [-0.25, -0.2) is 0 Å². The van der Waals surface area contributed by atoms with Crippen molar-refractivity contribution in [2.24, 2.45) is 0 Å². The second kappa shape index (κ2) is 10.2. The van der Waals surface area contributed by atoms with Gasteiger partial charge in [0, 0.05) is 38.9 Å². The molecule has 1 rings (SSSR count). The Morgan fingerprint density at radius 3 is 2.24 bits per heavy atom. The molecule has 0 radical (unpaired) electrons. The molecule has 0 atom stereocenters. The van der Waals surface area contributed by atoms with E-state index in [-0.39, 0.29) is 5.95 Å². The Labute approximate surface area is 126 Å². The molecule has 120 valence electrons. The molecule has 0 fully saturated rings. The van der Waals surface area contributed by atoms with E-state index < -0.39 is 0 Å². The maximum atomic E-state index is 5.79. The Morgan fingerprint density at radius 1 is 1.10 bits per heavy atom. The van der Waals surface area contributed by atoms with E-state index in [2.05, 4.69) is 20.2 Å². The topological polar surface area (TPSA) is 85.5 Å². The average Bonchev–Trinajstić information content (AvgIpc) is 2.46. The largest absolute Gasteiger partial charge is 0.380 e. The van der Waals surface area contributed by atoms with Gasteiger partial charge in [0.25, 0.3) is 0 Å². The van der Waals surface area contributed by atoms with Gasteiger partial charge in [0.05, 0.1) is 13.2 Å². The van der Waals surface area contributed by atoms with Gasteiger partial charge in [-0.15, -0.1) is 0 Å². The van der Waals surface area contributed by atoms with E-state index in [1.807, 2.05) is 26.8 Å². The summed E-state index contributed by atoms with van der Waals surface area (Å²) in [5.74, 6) is 1.79. The molecule has 0 aliphatic carbocycles. The van der Waals surface area contributed by atoms with E-state index in [1.165, 1.54) is 0 Å². The summed E-state index contributed by atoms with van der Waals surface area (Å²) in [6.07, 6.45) is 0.